The summed E-state index contributed by atoms with van der Waals surface area (Å²) in [6, 6.07) is 0.351. The maximum Gasteiger partial charge on any atom is 0.232 e. The minimum atomic E-state index is -0.374. The molecule has 5 nitrogen and oxygen atoms in total. The van der Waals surface area contributed by atoms with Gasteiger partial charge in [0.1, 0.15) is 0 Å². The molecule has 0 saturated carbocycles. The van der Waals surface area contributed by atoms with Gasteiger partial charge in [0.25, 0.3) is 0 Å². The fourth-order valence-corrected chi connectivity index (χ4v) is 2.15. The van der Waals surface area contributed by atoms with E-state index in [1.54, 1.807) is 0 Å². The molecular weight excluding hydrogens is 214 g/mol. The van der Waals surface area contributed by atoms with Crippen LogP contribution in [0.5, 0.6) is 0 Å². The van der Waals surface area contributed by atoms with E-state index in [9.17, 15) is 9.59 Å². The van der Waals surface area contributed by atoms with Crippen molar-refractivity contribution in [3.05, 3.63) is 0 Å². The maximum absolute atomic E-state index is 11.7. The smallest absolute Gasteiger partial charge is 0.232 e. The number of nitrogens with one attached hydrogen (secondary N) is 1. The van der Waals surface area contributed by atoms with E-state index in [-0.39, 0.29) is 17.6 Å². The summed E-state index contributed by atoms with van der Waals surface area (Å²) in [5.41, 5.74) is 4.98. The molecule has 0 aromatic heterocycles. The van der Waals surface area contributed by atoms with Crippen LogP contribution in [0.3, 0.4) is 0 Å². The first-order chi connectivity index (χ1) is 7.09. The summed E-state index contributed by atoms with van der Waals surface area (Å²) in [4.78, 5) is 24.0. The normalized spacial score (nSPS) is 21.4. The molecule has 1 atom stereocenters. The molecule has 0 spiro atoms. The number of thioether (sulfide) groups is 1. The third-order valence-electron chi connectivity index (χ3n) is 2.19. The van der Waals surface area contributed by atoms with Gasteiger partial charge in [-0.05, 0) is 6.92 Å². The summed E-state index contributed by atoms with van der Waals surface area (Å²) in [5, 5.41) is 3.27. The fraction of sp³-hybridized carbons (Fsp3) is 0.778. The summed E-state index contributed by atoms with van der Waals surface area (Å²) >= 11 is 1.28. The lowest BCUT2D eigenvalue weighted by Gasteiger charge is -2.31. The third kappa shape index (κ3) is 4.53. The highest BCUT2D eigenvalue weighted by molar-refractivity contribution is 8.00. The Labute approximate surface area is 93.7 Å². The van der Waals surface area contributed by atoms with Crippen LogP contribution in [-0.4, -0.2) is 53.9 Å². The Morgan fingerprint density at radius 3 is 2.87 bits per heavy atom. The van der Waals surface area contributed by atoms with Gasteiger partial charge in [-0.3, -0.25) is 9.59 Å². The molecule has 0 unspecified atom stereocenters. The molecule has 15 heavy (non-hydrogen) atoms. The van der Waals surface area contributed by atoms with Crippen LogP contribution in [0, 0.1) is 0 Å². The molecule has 0 aliphatic carbocycles. The minimum Gasteiger partial charge on any atom is -0.369 e. The van der Waals surface area contributed by atoms with Crippen molar-refractivity contribution in [2.24, 2.45) is 5.73 Å². The van der Waals surface area contributed by atoms with Gasteiger partial charge in [0.15, 0.2) is 0 Å². The van der Waals surface area contributed by atoms with E-state index < -0.39 is 0 Å². The zero-order valence-corrected chi connectivity index (χ0v) is 9.68. The van der Waals surface area contributed by atoms with E-state index >= 15 is 0 Å². The molecule has 0 bridgehead atoms. The zero-order valence-electron chi connectivity index (χ0n) is 8.86. The molecule has 2 amide bonds. The number of carbonyl (C=O) groups is 2. The zero-order chi connectivity index (χ0) is 11.3. The van der Waals surface area contributed by atoms with Crippen molar-refractivity contribution in [2.75, 3.05) is 31.1 Å². The number of rotatable bonds is 4. The van der Waals surface area contributed by atoms with E-state index in [1.807, 2.05) is 4.90 Å². The van der Waals surface area contributed by atoms with E-state index in [0.29, 0.717) is 11.8 Å². The van der Waals surface area contributed by atoms with Crippen molar-refractivity contribution in [3.8, 4) is 0 Å². The minimum absolute atomic E-state index is 0.0922. The number of amides is 2. The first kappa shape index (κ1) is 12.3. The number of piperazine rings is 1. The molecule has 1 saturated heterocycles. The number of hydrogen-bond acceptors (Lipinski definition) is 4. The van der Waals surface area contributed by atoms with Gasteiger partial charge in [-0.25, -0.2) is 0 Å². The van der Waals surface area contributed by atoms with Crippen LogP contribution in [-0.2, 0) is 9.59 Å². The lowest BCUT2D eigenvalue weighted by atomic mass is 10.2. The Bertz CT molecular complexity index is 248. The molecule has 1 fully saturated rings. The van der Waals surface area contributed by atoms with Gasteiger partial charge in [0, 0.05) is 25.7 Å². The Morgan fingerprint density at radius 2 is 2.27 bits per heavy atom. The maximum atomic E-state index is 11.7. The summed E-state index contributed by atoms with van der Waals surface area (Å²) in [6.45, 7) is 4.39. The number of primary amides is 1. The molecule has 0 radical (unpaired) electrons. The number of nitrogens with zero attached hydrogens (tertiary/aromatic N) is 1. The van der Waals surface area contributed by atoms with Crippen molar-refractivity contribution in [1.82, 2.24) is 10.2 Å². The van der Waals surface area contributed by atoms with Crippen LogP contribution in [0.15, 0.2) is 0 Å². The summed E-state index contributed by atoms with van der Waals surface area (Å²) in [5.74, 6) is 0.277. The number of carbonyl (C=O) groups excluding carboxylic acids is 2. The molecule has 0 aromatic carbocycles. The highest BCUT2D eigenvalue weighted by Crippen LogP contribution is 2.05. The van der Waals surface area contributed by atoms with Crippen LogP contribution in [0.2, 0.25) is 0 Å². The Hall–Kier alpha value is -0.750. The molecule has 1 aliphatic rings. The van der Waals surface area contributed by atoms with Crippen LogP contribution >= 0.6 is 11.8 Å². The molecule has 1 aliphatic heterocycles. The first-order valence-electron chi connectivity index (χ1n) is 4.97. The molecule has 1 rings (SSSR count). The van der Waals surface area contributed by atoms with Gasteiger partial charge in [0.05, 0.1) is 11.5 Å². The molecule has 0 aromatic rings. The quantitative estimate of drug-likeness (QED) is 0.652. The van der Waals surface area contributed by atoms with Gasteiger partial charge >= 0.3 is 0 Å². The number of hydrogen-bond donors (Lipinski definition) is 2. The van der Waals surface area contributed by atoms with E-state index in [1.165, 1.54) is 11.8 Å². The van der Waals surface area contributed by atoms with Gasteiger partial charge in [-0.15, -0.1) is 11.8 Å². The Balaban J connectivity index is 2.24. The highest BCUT2D eigenvalue weighted by Gasteiger charge is 2.19. The van der Waals surface area contributed by atoms with E-state index in [2.05, 4.69) is 12.2 Å². The standard InChI is InChI=1S/C9H17N3O2S/c1-7-4-12(3-2-11-7)9(14)6-15-5-8(10)13/h7,11H,2-6H2,1H3,(H2,10,13)/t7-/m1/s1. The lowest BCUT2D eigenvalue weighted by Crippen LogP contribution is -2.51. The Kier molecular flexibility index (Phi) is 4.90. The van der Waals surface area contributed by atoms with Crippen LogP contribution in [0.1, 0.15) is 6.92 Å². The van der Waals surface area contributed by atoms with Crippen molar-refractivity contribution in [3.63, 3.8) is 0 Å². The SMILES string of the molecule is C[C@@H]1CN(C(=O)CSCC(N)=O)CCN1. The Morgan fingerprint density at radius 1 is 1.53 bits per heavy atom. The highest BCUT2D eigenvalue weighted by atomic mass is 32.2. The van der Waals surface area contributed by atoms with Gasteiger partial charge in [-0.2, -0.15) is 0 Å². The summed E-state index contributed by atoms with van der Waals surface area (Å²) in [6.07, 6.45) is 0. The fourth-order valence-electron chi connectivity index (χ4n) is 1.49. The summed E-state index contributed by atoms with van der Waals surface area (Å²) < 4.78 is 0. The average molecular weight is 231 g/mol. The van der Waals surface area contributed by atoms with Crippen molar-refractivity contribution >= 4 is 23.6 Å². The largest absolute Gasteiger partial charge is 0.369 e. The van der Waals surface area contributed by atoms with E-state index in [0.717, 1.165) is 19.6 Å². The second-order valence-electron chi connectivity index (χ2n) is 3.65. The molecule has 3 N–H and O–H groups in total. The lowest BCUT2D eigenvalue weighted by molar-refractivity contribution is -0.129. The van der Waals surface area contributed by atoms with E-state index in [4.69, 9.17) is 5.73 Å². The van der Waals surface area contributed by atoms with Gasteiger partial charge in [-0.1, -0.05) is 0 Å². The van der Waals surface area contributed by atoms with Crippen molar-refractivity contribution < 1.29 is 9.59 Å². The second kappa shape index (κ2) is 5.97. The topological polar surface area (TPSA) is 75.4 Å². The molecular formula is C9H17N3O2S. The van der Waals surface area contributed by atoms with Crippen LogP contribution in [0.25, 0.3) is 0 Å². The van der Waals surface area contributed by atoms with Crippen LogP contribution < -0.4 is 11.1 Å². The second-order valence-corrected chi connectivity index (χ2v) is 4.64. The predicted molar refractivity (Wildman–Crippen MR) is 60.6 cm³/mol. The molecule has 1 heterocycles. The summed E-state index contributed by atoms with van der Waals surface area (Å²) in [7, 11) is 0. The van der Waals surface area contributed by atoms with Gasteiger partial charge < -0.3 is 16.0 Å². The number of nitrogens with two attached hydrogens (primary N) is 1. The monoisotopic (exact) mass is 231 g/mol. The third-order valence-corrected chi connectivity index (χ3v) is 3.13. The molecule has 6 heteroatoms. The molecule has 86 valence electrons. The van der Waals surface area contributed by atoms with Gasteiger partial charge in [0.2, 0.25) is 11.8 Å². The van der Waals surface area contributed by atoms with Crippen LogP contribution in [0.4, 0.5) is 0 Å². The predicted octanol–water partition coefficient (Wildman–Crippen LogP) is -0.975. The average Bonchev–Trinajstić information content (AvgIpc) is 2.17. The van der Waals surface area contributed by atoms with Crippen molar-refractivity contribution in [2.45, 2.75) is 13.0 Å². The van der Waals surface area contributed by atoms with Crippen molar-refractivity contribution in [1.29, 1.82) is 0 Å². The first-order valence-corrected chi connectivity index (χ1v) is 6.12.